The highest BCUT2D eigenvalue weighted by atomic mass is 32.1. The lowest BCUT2D eigenvalue weighted by Gasteiger charge is -2.25. The zero-order chi connectivity index (χ0) is 12.5. The normalized spacial score (nSPS) is 16.1. The van der Waals surface area contributed by atoms with E-state index in [1.165, 1.54) is 17.8 Å². The van der Waals surface area contributed by atoms with Crippen molar-refractivity contribution in [3.05, 3.63) is 23.2 Å². The number of benzene rings is 1. The minimum Gasteiger partial charge on any atom is -0.508 e. The number of aromatic nitrogens is 1. The number of nitrogens with zero attached hydrogens (tertiary/aromatic N) is 2. The Morgan fingerprint density at radius 3 is 2.83 bits per heavy atom. The number of fused-ring (bicyclic) bond motifs is 1. The molecule has 1 amide bonds. The van der Waals surface area contributed by atoms with E-state index in [1.54, 1.807) is 18.2 Å². The van der Waals surface area contributed by atoms with Gasteiger partial charge in [0.2, 0.25) is 0 Å². The zero-order valence-corrected chi connectivity index (χ0v) is 10.7. The van der Waals surface area contributed by atoms with Gasteiger partial charge in [-0.15, -0.1) is 11.3 Å². The molecule has 18 heavy (non-hydrogen) atoms. The standard InChI is InChI=1S/C13H14N2O2S/c16-9-4-5-10-11(8-9)18-12(14-10)13(17)15-6-2-1-3-7-15/h4-5,8,16H,1-3,6-7H2. The molecule has 1 saturated heterocycles. The highest BCUT2D eigenvalue weighted by molar-refractivity contribution is 7.20. The van der Waals surface area contributed by atoms with Gasteiger partial charge < -0.3 is 10.0 Å². The van der Waals surface area contributed by atoms with Crippen molar-refractivity contribution in [2.24, 2.45) is 0 Å². The van der Waals surface area contributed by atoms with Crippen LogP contribution in [0.3, 0.4) is 0 Å². The van der Waals surface area contributed by atoms with Crippen molar-refractivity contribution >= 4 is 27.5 Å². The summed E-state index contributed by atoms with van der Waals surface area (Å²) in [6, 6.07) is 4.99. The minimum absolute atomic E-state index is 0.0235. The first-order chi connectivity index (χ1) is 8.74. The number of thiazole rings is 1. The summed E-state index contributed by atoms with van der Waals surface area (Å²) in [4.78, 5) is 18.5. The first-order valence-electron chi connectivity index (χ1n) is 6.13. The van der Waals surface area contributed by atoms with Crippen LogP contribution in [0.1, 0.15) is 29.1 Å². The molecule has 0 unspecified atom stereocenters. The van der Waals surface area contributed by atoms with E-state index in [1.807, 2.05) is 4.90 Å². The molecule has 1 aliphatic heterocycles. The van der Waals surface area contributed by atoms with Crippen LogP contribution in [-0.2, 0) is 0 Å². The van der Waals surface area contributed by atoms with Gasteiger partial charge in [-0.2, -0.15) is 0 Å². The molecule has 1 N–H and O–H groups in total. The molecule has 94 valence electrons. The molecule has 0 radical (unpaired) electrons. The fourth-order valence-corrected chi connectivity index (χ4v) is 3.20. The summed E-state index contributed by atoms with van der Waals surface area (Å²) >= 11 is 1.35. The quantitative estimate of drug-likeness (QED) is 0.859. The summed E-state index contributed by atoms with van der Waals surface area (Å²) in [6.07, 6.45) is 3.37. The number of carbonyl (C=O) groups excluding carboxylic acids is 1. The van der Waals surface area contributed by atoms with Crippen molar-refractivity contribution in [3.63, 3.8) is 0 Å². The number of piperidine rings is 1. The maximum atomic E-state index is 12.3. The lowest BCUT2D eigenvalue weighted by Crippen LogP contribution is -2.35. The van der Waals surface area contributed by atoms with E-state index < -0.39 is 0 Å². The Morgan fingerprint density at radius 2 is 2.06 bits per heavy atom. The number of likely N-dealkylation sites (tertiary alicyclic amines) is 1. The lowest BCUT2D eigenvalue weighted by molar-refractivity contribution is 0.0724. The minimum atomic E-state index is 0.0235. The van der Waals surface area contributed by atoms with Crippen LogP contribution < -0.4 is 0 Å². The van der Waals surface area contributed by atoms with Crippen molar-refractivity contribution in [2.45, 2.75) is 19.3 Å². The topological polar surface area (TPSA) is 53.4 Å². The largest absolute Gasteiger partial charge is 0.508 e. The van der Waals surface area contributed by atoms with E-state index in [4.69, 9.17) is 0 Å². The molecule has 1 aromatic carbocycles. The van der Waals surface area contributed by atoms with Crippen LogP contribution in [0.15, 0.2) is 18.2 Å². The van der Waals surface area contributed by atoms with Gasteiger partial charge in [-0.1, -0.05) is 0 Å². The van der Waals surface area contributed by atoms with E-state index >= 15 is 0 Å². The number of phenols is 1. The zero-order valence-electron chi connectivity index (χ0n) is 9.93. The Balaban J connectivity index is 1.91. The summed E-state index contributed by atoms with van der Waals surface area (Å²) in [5.41, 5.74) is 0.776. The summed E-state index contributed by atoms with van der Waals surface area (Å²) in [5.74, 6) is 0.235. The lowest BCUT2D eigenvalue weighted by atomic mass is 10.1. The van der Waals surface area contributed by atoms with E-state index in [9.17, 15) is 9.90 Å². The molecule has 0 spiro atoms. The third kappa shape index (κ3) is 2.06. The van der Waals surface area contributed by atoms with E-state index in [-0.39, 0.29) is 11.7 Å². The highest BCUT2D eigenvalue weighted by Crippen LogP contribution is 2.27. The van der Waals surface area contributed by atoms with Gasteiger partial charge in [0.05, 0.1) is 10.2 Å². The molecule has 1 aromatic heterocycles. The Bertz CT molecular complexity index is 588. The van der Waals surface area contributed by atoms with Crippen LogP contribution in [0, 0.1) is 0 Å². The molecule has 0 atom stereocenters. The molecule has 5 heteroatoms. The van der Waals surface area contributed by atoms with Gasteiger partial charge in [0, 0.05) is 13.1 Å². The van der Waals surface area contributed by atoms with Crippen molar-refractivity contribution < 1.29 is 9.90 Å². The SMILES string of the molecule is O=C(c1nc2ccc(O)cc2s1)N1CCCCC1. The Kier molecular flexibility index (Phi) is 2.91. The molecule has 0 saturated carbocycles. The average molecular weight is 262 g/mol. The van der Waals surface area contributed by atoms with Gasteiger partial charge in [0.15, 0.2) is 5.01 Å². The summed E-state index contributed by atoms with van der Waals surface area (Å²) in [5, 5.41) is 9.94. The van der Waals surface area contributed by atoms with Crippen molar-refractivity contribution in [2.75, 3.05) is 13.1 Å². The van der Waals surface area contributed by atoms with Gasteiger partial charge in [-0.25, -0.2) is 4.98 Å². The summed E-state index contributed by atoms with van der Waals surface area (Å²) in [7, 11) is 0. The molecular formula is C13H14N2O2S. The van der Waals surface area contributed by atoms with Crippen LogP contribution in [0.2, 0.25) is 0 Å². The number of amides is 1. The van der Waals surface area contributed by atoms with Crippen LogP contribution in [-0.4, -0.2) is 34.0 Å². The highest BCUT2D eigenvalue weighted by Gasteiger charge is 2.21. The van der Waals surface area contributed by atoms with Gasteiger partial charge in [-0.05, 0) is 37.5 Å². The second kappa shape index (κ2) is 4.57. The summed E-state index contributed by atoms with van der Waals surface area (Å²) < 4.78 is 0.857. The first kappa shape index (κ1) is 11.5. The fraction of sp³-hybridized carbons (Fsp3) is 0.385. The van der Waals surface area contributed by atoms with Crippen LogP contribution in [0.4, 0.5) is 0 Å². The van der Waals surface area contributed by atoms with E-state index in [0.717, 1.165) is 36.1 Å². The molecule has 2 aromatic rings. The second-order valence-electron chi connectivity index (χ2n) is 4.52. The number of hydrogen-bond acceptors (Lipinski definition) is 4. The average Bonchev–Trinajstić information content (AvgIpc) is 2.81. The molecule has 0 aliphatic carbocycles. The maximum absolute atomic E-state index is 12.3. The molecule has 4 nitrogen and oxygen atoms in total. The smallest absolute Gasteiger partial charge is 0.282 e. The molecule has 1 aliphatic rings. The number of phenolic OH excluding ortho intramolecular Hbond substituents is 1. The molecule has 3 rings (SSSR count). The van der Waals surface area contributed by atoms with Gasteiger partial charge >= 0.3 is 0 Å². The summed E-state index contributed by atoms with van der Waals surface area (Å²) in [6.45, 7) is 1.67. The molecule has 1 fully saturated rings. The first-order valence-corrected chi connectivity index (χ1v) is 6.94. The third-order valence-electron chi connectivity index (χ3n) is 3.20. The van der Waals surface area contributed by atoms with Crippen molar-refractivity contribution in [1.82, 2.24) is 9.88 Å². The van der Waals surface area contributed by atoms with Gasteiger partial charge in [-0.3, -0.25) is 4.79 Å². The number of carbonyl (C=O) groups is 1. The number of rotatable bonds is 1. The van der Waals surface area contributed by atoms with Crippen molar-refractivity contribution in [1.29, 1.82) is 0 Å². The Hall–Kier alpha value is -1.62. The van der Waals surface area contributed by atoms with Gasteiger partial charge in [0.1, 0.15) is 5.75 Å². The number of aromatic hydroxyl groups is 1. The van der Waals surface area contributed by atoms with Crippen molar-refractivity contribution in [3.8, 4) is 5.75 Å². The predicted molar refractivity (Wildman–Crippen MR) is 71.0 cm³/mol. The Labute approximate surface area is 109 Å². The molecular weight excluding hydrogens is 248 g/mol. The third-order valence-corrected chi connectivity index (χ3v) is 4.20. The van der Waals surface area contributed by atoms with Crippen LogP contribution in [0.25, 0.3) is 10.2 Å². The maximum Gasteiger partial charge on any atom is 0.282 e. The number of hydrogen-bond donors (Lipinski definition) is 1. The van der Waals surface area contributed by atoms with Crippen LogP contribution in [0.5, 0.6) is 5.75 Å². The van der Waals surface area contributed by atoms with E-state index in [0.29, 0.717) is 5.01 Å². The van der Waals surface area contributed by atoms with E-state index in [2.05, 4.69) is 4.98 Å². The Morgan fingerprint density at radius 1 is 1.28 bits per heavy atom. The predicted octanol–water partition coefficient (Wildman–Crippen LogP) is 2.63. The monoisotopic (exact) mass is 262 g/mol. The van der Waals surface area contributed by atoms with Crippen LogP contribution >= 0.6 is 11.3 Å². The molecule has 0 bridgehead atoms. The fourth-order valence-electron chi connectivity index (χ4n) is 2.24. The van der Waals surface area contributed by atoms with Gasteiger partial charge in [0.25, 0.3) is 5.91 Å². The second-order valence-corrected chi connectivity index (χ2v) is 5.55. The molecule has 2 heterocycles.